The normalized spacial score (nSPS) is 19.6. The van der Waals surface area contributed by atoms with Gasteiger partial charge in [0, 0.05) is 13.2 Å². The molecule has 1 amide bonds. The molecule has 1 aliphatic heterocycles. The van der Waals surface area contributed by atoms with E-state index >= 15 is 0 Å². The number of amides is 1. The molecule has 3 heteroatoms. The van der Waals surface area contributed by atoms with Gasteiger partial charge in [-0.25, -0.2) is 0 Å². The Morgan fingerprint density at radius 2 is 1.88 bits per heavy atom. The Morgan fingerprint density at radius 1 is 1.25 bits per heavy atom. The Balaban J connectivity index is 2.48. The molecule has 0 aliphatic carbocycles. The number of carbonyl (C=O) groups excluding carboxylic acids is 1. The number of aryl methyl sites for hydroxylation is 2. The maximum Gasteiger partial charge on any atom is 0.253 e. The summed E-state index contributed by atoms with van der Waals surface area (Å²) in [7, 11) is 1.61. The molecule has 0 saturated carbocycles. The number of benzene rings is 1. The van der Waals surface area contributed by atoms with Crippen LogP contribution in [0.5, 0.6) is 0 Å². The number of nitrogens with zero attached hydrogens (tertiary/aromatic N) is 1. The number of methoxy groups -OCH3 is 1. The van der Waals surface area contributed by atoms with Gasteiger partial charge in [-0.3, -0.25) is 9.69 Å². The second-order valence-corrected chi connectivity index (χ2v) is 3.93. The first-order chi connectivity index (χ1) is 7.65. The molecule has 1 aromatic rings. The van der Waals surface area contributed by atoms with E-state index in [0.29, 0.717) is 0 Å². The van der Waals surface area contributed by atoms with Gasteiger partial charge in [-0.05, 0) is 31.1 Å². The van der Waals surface area contributed by atoms with Crippen LogP contribution in [0, 0.1) is 13.8 Å². The number of hydrogen-bond donors (Lipinski definition) is 0. The maximum absolute atomic E-state index is 11.8. The number of hydrogen-bond acceptors (Lipinski definition) is 2. The largest absolute Gasteiger partial charge is 0.357 e. The molecule has 0 N–H and O–H groups in total. The van der Waals surface area contributed by atoms with Crippen molar-refractivity contribution in [2.45, 2.75) is 20.1 Å². The lowest BCUT2D eigenvalue weighted by Crippen LogP contribution is -2.36. The smallest absolute Gasteiger partial charge is 0.253 e. The molecular weight excluding hydrogens is 202 g/mol. The fourth-order valence-corrected chi connectivity index (χ4v) is 2.06. The summed E-state index contributed by atoms with van der Waals surface area (Å²) in [5.74, 6) is -0.0238. The van der Waals surface area contributed by atoms with Gasteiger partial charge in [0.15, 0.2) is 6.23 Å². The minimum absolute atomic E-state index is 0.0238. The van der Waals surface area contributed by atoms with E-state index in [1.54, 1.807) is 24.2 Å². The molecule has 1 aliphatic rings. The van der Waals surface area contributed by atoms with Gasteiger partial charge < -0.3 is 4.74 Å². The Hall–Kier alpha value is -1.61. The monoisotopic (exact) mass is 217 g/mol. The van der Waals surface area contributed by atoms with Gasteiger partial charge in [-0.1, -0.05) is 18.2 Å². The topological polar surface area (TPSA) is 29.5 Å². The van der Waals surface area contributed by atoms with Crippen molar-refractivity contribution in [1.82, 2.24) is 0 Å². The van der Waals surface area contributed by atoms with Crippen LogP contribution in [-0.2, 0) is 9.53 Å². The van der Waals surface area contributed by atoms with E-state index in [1.165, 1.54) is 0 Å². The molecule has 0 saturated heterocycles. The molecule has 0 radical (unpaired) electrons. The third-order valence-corrected chi connectivity index (χ3v) is 2.82. The van der Waals surface area contributed by atoms with Gasteiger partial charge in [-0.15, -0.1) is 0 Å². The Bertz CT molecular complexity index is 431. The second-order valence-electron chi connectivity index (χ2n) is 3.93. The van der Waals surface area contributed by atoms with Crippen molar-refractivity contribution in [3.63, 3.8) is 0 Å². The summed E-state index contributed by atoms with van der Waals surface area (Å²) in [5.41, 5.74) is 3.11. The van der Waals surface area contributed by atoms with Gasteiger partial charge in [0.25, 0.3) is 5.91 Å². The maximum atomic E-state index is 11.8. The molecular formula is C13H15NO2. The van der Waals surface area contributed by atoms with E-state index in [1.807, 2.05) is 32.0 Å². The standard InChI is InChI=1S/C13H15NO2/c1-9-5-4-6-10(2)13(9)14-11(15)7-8-12(14)16-3/h4-8,12H,1-3H3. The van der Waals surface area contributed by atoms with E-state index in [2.05, 4.69) is 0 Å². The van der Waals surface area contributed by atoms with E-state index in [-0.39, 0.29) is 12.1 Å². The summed E-state index contributed by atoms with van der Waals surface area (Å²) in [6, 6.07) is 5.99. The lowest BCUT2D eigenvalue weighted by atomic mass is 10.1. The first-order valence-corrected chi connectivity index (χ1v) is 5.25. The van der Waals surface area contributed by atoms with E-state index in [9.17, 15) is 4.79 Å². The minimum atomic E-state index is -0.285. The van der Waals surface area contributed by atoms with Crippen molar-refractivity contribution in [3.05, 3.63) is 41.5 Å². The fourth-order valence-electron chi connectivity index (χ4n) is 2.06. The molecule has 0 spiro atoms. The van der Waals surface area contributed by atoms with Gasteiger partial charge in [0.05, 0.1) is 5.69 Å². The molecule has 1 heterocycles. The van der Waals surface area contributed by atoms with Crippen molar-refractivity contribution in [1.29, 1.82) is 0 Å². The van der Waals surface area contributed by atoms with E-state index in [4.69, 9.17) is 4.74 Å². The molecule has 0 aromatic heterocycles. The minimum Gasteiger partial charge on any atom is -0.357 e. The van der Waals surface area contributed by atoms with Crippen molar-refractivity contribution < 1.29 is 9.53 Å². The van der Waals surface area contributed by atoms with Crippen LogP contribution in [0.3, 0.4) is 0 Å². The van der Waals surface area contributed by atoms with Crippen LogP contribution >= 0.6 is 0 Å². The summed E-state index contributed by atoms with van der Waals surface area (Å²) >= 11 is 0. The number of carbonyl (C=O) groups is 1. The van der Waals surface area contributed by atoms with Crippen LogP contribution < -0.4 is 4.90 Å². The van der Waals surface area contributed by atoms with Crippen molar-refractivity contribution in [2.75, 3.05) is 12.0 Å². The second kappa shape index (κ2) is 4.10. The van der Waals surface area contributed by atoms with Crippen LogP contribution in [0.15, 0.2) is 30.4 Å². The number of rotatable bonds is 2. The number of para-hydroxylation sites is 1. The predicted molar refractivity (Wildman–Crippen MR) is 63.3 cm³/mol. The van der Waals surface area contributed by atoms with E-state index in [0.717, 1.165) is 16.8 Å². The van der Waals surface area contributed by atoms with Crippen molar-refractivity contribution >= 4 is 11.6 Å². The Morgan fingerprint density at radius 3 is 2.44 bits per heavy atom. The zero-order valence-electron chi connectivity index (χ0n) is 9.73. The van der Waals surface area contributed by atoms with Crippen LogP contribution in [0.4, 0.5) is 5.69 Å². The summed E-state index contributed by atoms with van der Waals surface area (Å²) < 4.78 is 5.28. The first kappa shape index (κ1) is 10.9. The third kappa shape index (κ3) is 1.63. The number of anilines is 1. The molecule has 84 valence electrons. The summed E-state index contributed by atoms with van der Waals surface area (Å²) in [4.78, 5) is 13.5. The van der Waals surface area contributed by atoms with Crippen molar-refractivity contribution in [2.24, 2.45) is 0 Å². The van der Waals surface area contributed by atoms with Gasteiger partial charge >= 0.3 is 0 Å². The molecule has 16 heavy (non-hydrogen) atoms. The number of ether oxygens (including phenoxy) is 1. The predicted octanol–water partition coefficient (Wildman–Crippen LogP) is 2.18. The summed E-state index contributed by atoms with van der Waals surface area (Å²) in [6.45, 7) is 4.00. The summed E-state index contributed by atoms with van der Waals surface area (Å²) in [5, 5.41) is 0. The highest BCUT2D eigenvalue weighted by Gasteiger charge is 2.28. The molecule has 0 fully saturated rings. The lowest BCUT2D eigenvalue weighted by molar-refractivity contribution is -0.114. The van der Waals surface area contributed by atoms with Gasteiger partial charge in [0.1, 0.15) is 0 Å². The quantitative estimate of drug-likeness (QED) is 0.760. The van der Waals surface area contributed by atoms with Crippen LogP contribution in [0.1, 0.15) is 11.1 Å². The SMILES string of the molecule is COC1C=CC(=O)N1c1c(C)cccc1C. The lowest BCUT2D eigenvalue weighted by Gasteiger charge is -2.26. The average Bonchev–Trinajstić information content (AvgIpc) is 2.60. The zero-order chi connectivity index (χ0) is 11.7. The van der Waals surface area contributed by atoms with Gasteiger partial charge in [0.2, 0.25) is 0 Å². The van der Waals surface area contributed by atoms with Crippen LogP contribution in [-0.4, -0.2) is 19.2 Å². The highest BCUT2D eigenvalue weighted by Crippen LogP contribution is 2.29. The van der Waals surface area contributed by atoms with Crippen molar-refractivity contribution in [3.8, 4) is 0 Å². The Kier molecular flexibility index (Phi) is 2.79. The third-order valence-electron chi connectivity index (χ3n) is 2.82. The molecule has 1 aromatic carbocycles. The van der Waals surface area contributed by atoms with Gasteiger partial charge in [-0.2, -0.15) is 0 Å². The molecule has 3 nitrogen and oxygen atoms in total. The molecule has 2 rings (SSSR count). The fraction of sp³-hybridized carbons (Fsp3) is 0.308. The zero-order valence-corrected chi connectivity index (χ0v) is 9.73. The first-order valence-electron chi connectivity index (χ1n) is 5.25. The van der Waals surface area contributed by atoms with Crippen LogP contribution in [0.25, 0.3) is 0 Å². The average molecular weight is 217 g/mol. The Labute approximate surface area is 95.3 Å². The highest BCUT2D eigenvalue weighted by atomic mass is 16.5. The van der Waals surface area contributed by atoms with Crippen LogP contribution in [0.2, 0.25) is 0 Å². The molecule has 0 bridgehead atoms. The molecule has 1 unspecified atom stereocenters. The summed E-state index contributed by atoms with van der Waals surface area (Å²) in [6.07, 6.45) is 3.04. The van der Waals surface area contributed by atoms with E-state index < -0.39 is 0 Å². The highest BCUT2D eigenvalue weighted by molar-refractivity contribution is 6.05. The molecule has 1 atom stereocenters.